The van der Waals surface area contributed by atoms with E-state index in [1.807, 2.05) is 25.1 Å². The van der Waals surface area contributed by atoms with Crippen LogP contribution in [0.1, 0.15) is 22.8 Å². The molecule has 9 heteroatoms. The topological polar surface area (TPSA) is 119 Å². The smallest absolute Gasteiger partial charge is 0.257 e. The van der Waals surface area contributed by atoms with E-state index in [0.717, 1.165) is 18.1 Å². The highest BCUT2D eigenvalue weighted by Gasteiger charge is 2.22. The first-order valence-electron chi connectivity index (χ1n) is 8.51. The van der Waals surface area contributed by atoms with Crippen LogP contribution < -0.4 is 15.2 Å². The molecule has 0 fully saturated rings. The van der Waals surface area contributed by atoms with Crippen molar-refractivity contribution in [3.63, 3.8) is 0 Å². The van der Waals surface area contributed by atoms with Gasteiger partial charge in [0.25, 0.3) is 5.91 Å². The number of benzene rings is 2. The van der Waals surface area contributed by atoms with E-state index >= 15 is 0 Å². The van der Waals surface area contributed by atoms with E-state index < -0.39 is 15.9 Å². The van der Waals surface area contributed by atoms with E-state index in [4.69, 9.17) is 9.88 Å². The second-order valence-corrected chi connectivity index (χ2v) is 7.69. The minimum Gasteiger partial charge on any atom is -0.496 e. The number of carbonyl (C=O) groups is 2. The molecule has 0 aliphatic heterocycles. The number of carbonyl (C=O) groups excluding carboxylic acids is 2. The van der Waals surface area contributed by atoms with Crippen molar-refractivity contribution in [1.82, 2.24) is 4.90 Å². The second kappa shape index (κ2) is 8.85. The number of nitrogens with zero attached hydrogens (tertiary/aromatic N) is 1. The first-order valence-corrected chi connectivity index (χ1v) is 10.1. The van der Waals surface area contributed by atoms with E-state index in [1.54, 1.807) is 6.07 Å². The lowest BCUT2D eigenvalue weighted by atomic mass is 10.1. The number of para-hydroxylation sites is 1. The monoisotopic (exact) mass is 405 g/mol. The van der Waals surface area contributed by atoms with Gasteiger partial charge in [0.05, 0.1) is 24.1 Å². The van der Waals surface area contributed by atoms with Crippen LogP contribution >= 0.6 is 0 Å². The third-order valence-electron chi connectivity index (χ3n) is 4.13. The van der Waals surface area contributed by atoms with Crippen LogP contribution in [0.5, 0.6) is 5.75 Å². The third kappa shape index (κ3) is 5.08. The summed E-state index contributed by atoms with van der Waals surface area (Å²) in [6, 6.07) is 11.1. The molecule has 150 valence electrons. The van der Waals surface area contributed by atoms with E-state index in [1.165, 1.54) is 31.2 Å². The molecule has 2 rings (SSSR count). The Morgan fingerprint density at radius 1 is 1.18 bits per heavy atom. The van der Waals surface area contributed by atoms with Gasteiger partial charge in [-0.25, -0.2) is 13.6 Å². The average Bonchev–Trinajstić information content (AvgIpc) is 2.66. The Balaban J connectivity index is 2.19. The largest absolute Gasteiger partial charge is 0.496 e. The van der Waals surface area contributed by atoms with E-state index in [2.05, 4.69) is 5.32 Å². The molecule has 0 aromatic heterocycles. The van der Waals surface area contributed by atoms with Gasteiger partial charge >= 0.3 is 0 Å². The van der Waals surface area contributed by atoms with Crippen molar-refractivity contribution in [1.29, 1.82) is 0 Å². The number of primary sulfonamides is 1. The van der Waals surface area contributed by atoms with Crippen molar-refractivity contribution >= 4 is 27.5 Å². The number of methoxy groups -OCH3 is 1. The zero-order chi connectivity index (χ0) is 20.9. The number of anilines is 1. The predicted octanol–water partition coefficient (Wildman–Crippen LogP) is 1.62. The number of rotatable bonds is 7. The minimum absolute atomic E-state index is 0.00159. The molecule has 0 heterocycles. The Hall–Kier alpha value is -2.91. The Morgan fingerprint density at radius 3 is 2.46 bits per heavy atom. The highest BCUT2D eigenvalue weighted by molar-refractivity contribution is 7.89. The first-order chi connectivity index (χ1) is 13.2. The van der Waals surface area contributed by atoms with Crippen LogP contribution in [0.15, 0.2) is 47.4 Å². The molecule has 0 spiro atoms. The van der Waals surface area contributed by atoms with Crippen LogP contribution in [0.3, 0.4) is 0 Å². The molecule has 0 bridgehead atoms. The van der Waals surface area contributed by atoms with Crippen LogP contribution in [0.25, 0.3) is 0 Å². The summed E-state index contributed by atoms with van der Waals surface area (Å²) in [5, 5.41) is 7.91. The van der Waals surface area contributed by atoms with Gasteiger partial charge in [-0.3, -0.25) is 9.59 Å². The van der Waals surface area contributed by atoms with Gasteiger partial charge in [-0.05, 0) is 36.2 Å². The fourth-order valence-corrected chi connectivity index (χ4v) is 3.20. The maximum atomic E-state index is 12.7. The second-order valence-electron chi connectivity index (χ2n) is 6.13. The molecule has 0 saturated carbocycles. The number of hydrogen-bond donors (Lipinski definition) is 2. The molecule has 2 amide bonds. The number of aryl methyl sites for hydroxylation is 1. The lowest BCUT2D eigenvalue weighted by Gasteiger charge is -2.19. The van der Waals surface area contributed by atoms with Crippen LogP contribution in [0.4, 0.5) is 5.69 Å². The van der Waals surface area contributed by atoms with Crippen molar-refractivity contribution in [3.8, 4) is 5.75 Å². The van der Waals surface area contributed by atoms with Crippen molar-refractivity contribution in [2.45, 2.75) is 18.2 Å². The Bertz CT molecular complexity index is 989. The van der Waals surface area contributed by atoms with Crippen molar-refractivity contribution in [3.05, 3.63) is 53.6 Å². The van der Waals surface area contributed by atoms with E-state index in [0.29, 0.717) is 5.69 Å². The highest BCUT2D eigenvalue weighted by atomic mass is 32.2. The molecule has 3 N–H and O–H groups in total. The number of ether oxygens (including phenoxy) is 1. The quantitative estimate of drug-likeness (QED) is 0.725. The molecule has 0 atom stereocenters. The summed E-state index contributed by atoms with van der Waals surface area (Å²) < 4.78 is 28.3. The highest BCUT2D eigenvalue weighted by Crippen LogP contribution is 2.23. The number of hydrogen-bond acceptors (Lipinski definition) is 5. The zero-order valence-electron chi connectivity index (χ0n) is 15.9. The molecule has 0 radical (unpaired) electrons. The lowest BCUT2D eigenvalue weighted by Crippen LogP contribution is -2.35. The SMILES string of the molecule is CCc1ccccc1NC(=O)CN(C)C(=O)c1cc(S(N)(=O)=O)ccc1OC. The summed E-state index contributed by atoms with van der Waals surface area (Å²) in [7, 11) is -1.19. The number of nitrogens with two attached hydrogens (primary N) is 1. The molecule has 2 aromatic rings. The molecule has 0 unspecified atom stereocenters. The molecule has 2 aromatic carbocycles. The lowest BCUT2D eigenvalue weighted by molar-refractivity contribution is -0.116. The molecule has 0 saturated heterocycles. The van der Waals surface area contributed by atoms with Gasteiger partial charge in [0.15, 0.2) is 0 Å². The minimum atomic E-state index is -3.99. The van der Waals surface area contributed by atoms with Crippen LogP contribution in [0.2, 0.25) is 0 Å². The average molecular weight is 405 g/mol. The summed E-state index contributed by atoms with van der Waals surface area (Å²) in [6.07, 6.45) is 0.753. The molecule has 8 nitrogen and oxygen atoms in total. The standard InChI is InChI=1S/C19H23N3O5S/c1-4-13-7-5-6-8-16(13)21-18(23)12-22(2)19(24)15-11-14(28(20,25)26)9-10-17(15)27-3/h5-11H,4,12H2,1-3H3,(H,21,23)(H2,20,25,26). The summed E-state index contributed by atoms with van der Waals surface area (Å²) >= 11 is 0. The van der Waals surface area contributed by atoms with Crippen molar-refractivity contribution in [2.75, 3.05) is 26.0 Å². The molecular formula is C19H23N3O5S. The number of nitrogens with one attached hydrogen (secondary N) is 1. The van der Waals surface area contributed by atoms with Crippen LogP contribution in [0, 0.1) is 0 Å². The van der Waals surface area contributed by atoms with Gasteiger partial charge in [-0.2, -0.15) is 0 Å². The number of amides is 2. The number of likely N-dealkylation sites (N-methyl/N-ethyl adjacent to an activating group) is 1. The maximum absolute atomic E-state index is 12.7. The van der Waals surface area contributed by atoms with Gasteiger partial charge in [0.1, 0.15) is 5.75 Å². The van der Waals surface area contributed by atoms with Crippen molar-refractivity contribution < 1.29 is 22.7 Å². The number of sulfonamides is 1. The summed E-state index contributed by atoms with van der Waals surface area (Å²) in [4.78, 5) is 26.1. The zero-order valence-corrected chi connectivity index (χ0v) is 16.7. The van der Waals surface area contributed by atoms with Gasteiger partial charge in [0.2, 0.25) is 15.9 Å². The van der Waals surface area contributed by atoms with Gasteiger partial charge in [0, 0.05) is 12.7 Å². The van der Waals surface area contributed by atoms with Gasteiger partial charge in [-0.1, -0.05) is 25.1 Å². The Labute approximate surface area is 164 Å². The summed E-state index contributed by atoms with van der Waals surface area (Å²) in [5.41, 5.74) is 1.66. The predicted molar refractivity (Wildman–Crippen MR) is 106 cm³/mol. The molecule has 28 heavy (non-hydrogen) atoms. The first kappa shape index (κ1) is 21.4. The Kier molecular flexibility index (Phi) is 6.76. The molecule has 0 aliphatic carbocycles. The summed E-state index contributed by atoms with van der Waals surface area (Å²) in [6.45, 7) is 1.75. The van der Waals surface area contributed by atoms with E-state index in [9.17, 15) is 18.0 Å². The third-order valence-corrected chi connectivity index (χ3v) is 5.04. The molecular weight excluding hydrogens is 382 g/mol. The van der Waals surface area contributed by atoms with Crippen LogP contribution in [-0.4, -0.2) is 45.8 Å². The van der Waals surface area contributed by atoms with Gasteiger partial charge in [-0.15, -0.1) is 0 Å². The normalized spacial score (nSPS) is 11.0. The Morgan fingerprint density at radius 2 is 1.86 bits per heavy atom. The van der Waals surface area contributed by atoms with E-state index in [-0.39, 0.29) is 28.7 Å². The maximum Gasteiger partial charge on any atom is 0.257 e. The van der Waals surface area contributed by atoms with Crippen LogP contribution in [-0.2, 0) is 21.2 Å². The molecule has 0 aliphatic rings. The van der Waals surface area contributed by atoms with Gasteiger partial charge < -0.3 is 15.0 Å². The fourth-order valence-electron chi connectivity index (χ4n) is 2.66. The summed E-state index contributed by atoms with van der Waals surface area (Å²) in [5.74, 6) is -0.763. The fraction of sp³-hybridized carbons (Fsp3) is 0.263. The van der Waals surface area contributed by atoms with Crippen molar-refractivity contribution in [2.24, 2.45) is 5.14 Å².